The van der Waals surface area contributed by atoms with E-state index in [0.29, 0.717) is 62.7 Å². The van der Waals surface area contributed by atoms with Gasteiger partial charge in [0.15, 0.2) is 0 Å². The molecule has 306 valence electrons. The van der Waals surface area contributed by atoms with Gasteiger partial charge in [0.2, 0.25) is 29.5 Å². The van der Waals surface area contributed by atoms with Gasteiger partial charge in [0.1, 0.15) is 30.2 Å². The zero-order valence-corrected chi connectivity index (χ0v) is 32.2. The molecule has 0 radical (unpaired) electrons. The van der Waals surface area contributed by atoms with Crippen LogP contribution in [-0.2, 0) is 46.4 Å². The van der Waals surface area contributed by atoms with Gasteiger partial charge in [0.25, 0.3) is 0 Å². The molecule has 1 aliphatic heterocycles. The highest BCUT2D eigenvalue weighted by Gasteiger charge is 2.39. The SMILES string of the molecule is CC[C@H](C)[C@H](NC(=O)[C@@H]1CCCN1C(=O)[C@@H](N)CCCCN)C(=O)N[C@@H](CCC(=O)O)C(=O)N[C@@H](Cc1ccccc1)C(=O)N[C@@H](Cc1ccccc1)C(=O)O. The lowest BCUT2D eigenvalue weighted by Crippen LogP contribution is -2.60. The van der Waals surface area contributed by atoms with Gasteiger partial charge in [0, 0.05) is 25.8 Å². The number of hydrogen-bond donors (Lipinski definition) is 8. The second-order valence-corrected chi connectivity index (χ2v) is 14.3. The van der Waals surface area contributed by atoms with Gasteiger partial charge in [-0.05, 0) is 55.7 Å². The van der Waals surface area contributed by atoms with E-state index >= 15 is 0 Å². The van der Waals surface area contributed by atoms with Gasteiger partial charge in [0.05, 0.1) is 6.04 Å². The van der Waals surface area contributed by atoms with Crippen LogP contribution in [0.3, 0.4) is 0 Å². The van der Waals surface area contributed by atoms with Crippen LogP contribution in [0.2, 0.25) is 0 Å². The fourth-order valence-electron chi connectivity index (χ4n) is 6.55. The number of nitrogens with two attached hydrogens (primary N) is 2. The molecule has 5 amide bonds. The molecule has 1 saturated heterocycles. The molecule has 7 atom stereocenters. The highest BCUT2D eigenvalue weighted by atomic mass is 16.4. The van der Waals surface area contributed by atoms with E-state index in [9.17, 15) is 43.8 Å². The Balaban J connectivity index is 1.81. The van der Waals surface area contributed by atoms with E-state index in [1.54, 1.807) is 67.6 Å². The molecule has 0 bridgehead atoms. The first-order valence-electron chi connectivity index (χ1n) is 19.3. The molecule has 1 aliphatic rings. The topological polar surface area (TPSA) is 263 Å². The molecular weight excluding hydrogens is 722 g/mol. The number of hydrogen-bond acceptors (Lipinski definition) is 9. The quantitative estimate of drug-likeness (QED) is 0.0734. The fraction of sp³-hybridized carbons (Fsp3) is 0.525. The lowest BCUT2D eigenvalue weighted by atomic mass is 9.96. The predicted octanol–water partition coefficient (Wildman–Crippen LogP) is 0.854. The third-order valence-corrected chi connectivity index (χ3v) is 10.0. The Kier molecular flexibility index (Phi) is 18.4. The van der Waals surface area contributed by atoms with Crippen molar-refractivity contribution in [2.24, 2.45) is 17.4 Å². The Morgan fingerprint density at radius 1 is 0.768 bits per heavy atom. The summed E-state index contributed by atoms with van der Waals surface area (Å²) < 4.78 is 0. The number of amides is 5. The summed E-state index contributed by atoms with van der Waals surface area (Å²) in [7, 11) is 0. The smallest absolute Gasteiger partial charge is 0.326 e. The molecule has 16 heteroatoms. The Hall–Kier alpha value is -5.35. The number of rotatable bonds is 23. The minimum atomic E-state index is -1.45. The summed E-state index contributed by atoms with van der Waals surface area (Å²) in [4.78, 5) is 93.7. The predicted molar refractivity (Wildman–Crippen MR) is 208 cm³/mol. The van der Waals surface area contributed by atoms with Gasteiger partial charge >= 0.3 is 11.9 Å². The number of carboxylic acids is 2. The van der Waals surface area contributed by atoms with Crippen LogP contribution in [0.4, 0.5) is 0 Å². The zero-order valence-electron chi connectivity index (χ0n) is 32.2. The largest absolute Gasteiger partial charge is 0.481 e. The van der Waals surface area contributed by atoms with Crippen LogP contribution < -0.4 is 32.7 Å². The van der Waals surface area contributed by atoms with Gasteiger partial charge in [-0.15, -0.1) is 0 Å². The lowest BCUT2D eigenvalue weighted by Gasteiger charge is -2.31. The second-order valence-electron chi connectivity index (χ2n) is 14.3. The van der Waals surface area contributed by atoms with Crippen LogP contribution in [0.5, 0.6) is 0 Å². The van der Waals surface area contributed by atoms with Crippen molar-refractivity contribution in [1.82, 2.24) is 26.2 Å². The summed E-state index contributed by atoms with van der Waals surface area (Å²) in [5.74, 6) is -6.32. The van der Waals surface area contributed by atoms with Crippen molar-refractivity contribution in [3.8, 4) is 0 Å². The van der Waals surface area contributed by atoms with Gasteiger partial charge in [-0.2, -0.15) is 0 Å². The number of aliphatic carboxylic acids is 2. The molecule has 3 rings (SSSR count). The zero-order chi connectivity index (χ0) is 41.2. The molecule has 0 aliphatic carbocycles. The molecule has 16 nitrogen and oxygen atoms in total. The Morgan fingerprint density at radius 2 is 1.32 bits per heavy atom. The maximum Gasteiger partial charge on any atom is 0.326 e. The van der Waals surface area contributed by atoms with Crippen molar-refractivity contribution in [1.29, 1.82) is 0 Å². The first-order valence-corrected chi connectivity index (χ1v) is 19.3. The van der Waals surface area contributed by atoms with Crippen molar-refractivity contribution in [3.05, 3.63) is 71.8 Å². The summed E-state index contributed by atoms with van der Waals surface area (Å²) in [5.41, 5.74) is 13.0. The van der Waals surface area contributed by atoms with Crippen LogP contribution in [0.25, 0.3) is 0 Å². The van der Waals surface area contributed by atoms with E-state index < -0.39 is 84.2 Å². The van der Waals surface area contributed by atoms with Gasteiger partial charge in [-0.25, -0.2) is 4.79 Å². The van der Waals surface area contributed by atoms with Crippen molar-refractivity contribution in [2.45, 2.75) is 114 Å². The Bertz CT molecular complexity index is 1630. The molecule has 1 fully saturated rings. The number of nitrogens with zero attached hydrogens (tertiary/aromatic N) is 1. The normalized spacial score (nSPS) is 17.0. The number of carboxylic acid groups (broad SMARTS) is 2. The minimum Gasteiger partial charge on any atom is -0.481 e. The van der Waals surface area contributed by atoms with Crippen LogP contribution in [-0.4, -0.2) is 106 Å². The Morgan fingerprint density at radius 3 is 1.88 bits per heavy atom. The van der Waals surface area contributed by atoms with E-state index in [-0.39, 0.29) is 25.2 Å². The summed E-state index contributed by atoms with van der Waals surface area (Å²) in [5, 5.41) is 29.9. The highest BCUT2D eigenvalue weighted by Crippen LogP contribution is 2.21. The van der Waals surface area contributed by atoms with E-state index in [4.69, 9.17) is 11.5 Å². The van der Waals surface area contributed by atoms with Crippen molar-refractivity contribution in [3.63, 3.8) is 0 Å². The molecule has 2 aromatic rings. The van der Waals surface area contributed by atoms with E-state index in [2.05, 4.69) is 21.3 Å². The van der Waals surface area contributed by atoms with E-state index in [1.807, 2.05) is 6.92 Å². The molecule has 2 aromatic carbocycles. The number of unbranched alkanes of at least 4 members (excludes halogenated alkanes) is 1. The fourth-order valence-corrected chi connectivity index (χ4v) is 6.55. The van der Waals surface area contributed by atoms with Crippen LogP contribution in [0.1, 0.15) is 76.3 Å². The Labute approximate surface area is 327 Å². The van der Waals surface area contributed by atoms with E-state index in [1.165, 1.54) is 4.90 Å². The summed E-state index contributed by atoms with van der Waals surface area (Å²) in [6.07, 6.45) is 2.22. The van der Waals surface area contributed by atoms with Crippen LogP contribution in [0.15, 0.2) is 60.7 Å². The summed E-state index contributed by atoms with van der Waals surface area (Å²) in [6, 6.07) is 10.5. The van der Waals surface area contributed by atoms with Crippen molar-refractivity contribution >= 4 is 41.5 Å². The highest BCUT2D eigenvalue weighted by molar-refractivity contribution is 5.97. The van der Waals surface area contributed by atoms with Gasteiger partial charge in [-0.3, -0.25) is 28.8 Å². The van der Waals surface area contributed by atoms with Crippen LogP contribution in [0, 0.1) is 5.92 Å². The minimum absolute atomic E-state index is 0.0255. The van der Waals surface area contributed by atoms with Crippen molar-refractivity contribution < 1.29 is 43.8 Å². The molecule has 0 saturated carbocycles. The molecule has 0 aromatic heterocycles. The number of benzene rings is 2. The molecular formula is C40H57N7O9. The average molecular weight is 780 g/mol. The van der Waals surface area contributed by atoms with Gasteiger partial charge in [-0.1, -0.05) is 87.4 Å². The van der Waals surface area contributed by atoms with Crippen LogP contribution >= 0.6 is 0 Å². The molecule has 0 unspecified atom stereocenters. The number of carbonyl (C=O) groups is 7. The monoisotopic (exact) mass is 779 g/mol. The summed E-state index contributed by atoms with van der Waals surface area (Å²) >= 11 is 0. The number of likely N-dealkylation sites (tertiary alicyclic amines) is 1. The third kappa shape index (κ3) is 14.1. The standard InChI is InChI=1S/C40H57N7O9/c1-3-25(2)34(46-37(52)32-18-12-22-47(32)39(54)28(42)17-10-11-21-41)38(53)43-29(19-20-33(48)49)35(50)44-30(23-26-13-6-4-7-14-26)36(51)45-31(40(55)56)24-27-15-8-5-9-16-27/h4-9,13-16,25,28-32,34H,3,10-12,17-24,41-42H2,1-2H3,(H,43,53)(H,44,50)(H,45,51)(H,46,52)(H,48,49)(H,55,56)/t25-,28-,29-,30-,31-,32-,34-/m0/s1. The third-order valence-electron chi connectivity index (χ3n) is 10.0. The number of nitrogens with one attached hydrogen (secondary N) is 4. The van der Waals surface area contributed by atoms with Gasteiger partial charge < -0.3 is 47.8 Å². The maximum atomic E-state index is 13.9. The molecule has 0 spiro atoms. The lowest BCUT2D eigenvalue weighted by molar-refractivity contribution is -0.142. The summed E-state index contributed by atoms with van der Waals surface area (Å²) in [6.45, 7) is 4.35. The maximum absolute atomic E-state index is 13.9. The second kappa shape index (κ2) is 22.9. The molecule has 56 heavy (non-hydrogen) atoms. The first kappa shape index (κ1) is 45.0. The number of carbonyl (C=O) groups excluding carboxylic acids is 5. The average Bonchev–Trinajstić information content (AvgIpc) is 3.68. The van der Waals surface area contributed by atoms with E-state index in [0.717, 1.165) is 0 Å². The molecule has 1 heterocycles. The van der Waals surface area contributed by atoms with Crippen molar-refractivity contribution in [2.75, 3.05) is 13.1 Å². The first-order chi connectivity index (χ1) is 26.7. The molecule has 10 N–H and O–H groups in total.